The molecule has 0 N–H and O–H groups in total. The third-order valence-corrected chi connectivity index (χ3v) is 11.5. The van der Waals surface area contributed by atoms with Crippen molar-refractivity contribution >= 4 is 76.1 Å². The molecule has 0 aliphatic rings. The molecule has 0 atom stereocenters. The summed E-state index contributed by atoms with van der Waals surface area (Å²) in [5.74, 6) is 0.662. The molecule has 0 amide bonds. The van der Waals surface area contributed by atoms with Gasteiger partial charge in [0, 0.05) is 38.2 Å². The molecule has 0 unspecified atom stereocenters. The van der Waals surface area contributed by atoms with Crippen molar-refractivity contribution in [2.45, 2.75) is 0 Å². The van der Waals surface area contributed by atoms with E-state index in [1.54, 1.807) is 0 Å². The standard InChI is InChI=1S/C52H32N4/c1-3-15-33(16-4-1)51-41-23-9-12-24-46(41)53-52(54-51)56-48-26-14-11-21-39(48)44-29-34(27-28-49(44)56)42-30-35-31-50-45(32-43(35)38-20-8-7-19-37(38)42)40-22-10-13-25-47(40)55(50)36-17-5-2-6-18-36/h1-32H. The minimum atomic E-state index is 0.662. The van der Waals surface area contributed by atoms with Gasteiger partial charge in [-0.25, -0.2) is 9.97 Å². The highest BCUT2D eigenvalue weighted by Gasteiger charge is 2.20. The molecule has 260 valence electrons. The van der Waals surface area contributed by atoms with Crippen LogP contribution in [0.1, 0.15) is 0 Å². The third kappa shape index (κ3) is 4.53. The van der Waals surface area contributed by atoms with E-state index in [9.17, 15) is 0 Å². The predicted octanol–water partition coefficient (Wildman–Crippen LogP) is 13.5. The summed E-state index contributed by atoms with van der Waals surface area (Å²) in [5, 5.41) is 10.8. The Morgan fingerprint density at radius 1 is 0.321 bits per heavy atom. The van der Waals surface area contributed by atoms with Crippen LogP contribution in [0.4, 0.5) is 0 Å². The van der Waals surface area contributed by atoms with Gasteiger partial charge in [-0.2, -0.15) is 0 Å². The van der Waals surface area contributed by atoms with Gasteiger partial charge < -0.3 is 4.57 Å². The van der Waals surface area contributed by atoms with Crippen molar-refractivity contribution in [2.75, 3.05) is 0 Å². The Morgan fingerprint density at radius 3 is 1.68 bits per heavy atom. The van der Waals surface area contributed by atoms with Crippen LogP contribution in [-0.4, -0.2) is 19.1 Å². The molecule has 4 nitrogen and oxygen atoms in total. The number of fused-ring (bicyclic) bond motifs is 10. The highest BCUT2D eigenvalue weighted by atomic mass is 15.2. The molecule has 0 bridgehead atoms. The van der Waals surface area contributed by atoms with E-state index < -0.39 is 0 Å². The van der Waals surface area contributed by atoms with E-state index in [1.165, 1.54) is 65.3 Å². The van der Waals surface area contributed by atoms with Gasteiger partial charge >= 0.3 is 0 Å². The quantitative estimate of drug-likeness (QED) is 0.170. The molecule has 0 saturated carbocycles. The monoisotopic (exact) mass is 712 g/mol. The van der Waals surface area contributed by atoms with Crippen molar-refractivity contribution < 1.29 is 0 Å². The molecular weight excluding hydrogens is 681 g/mol. The number of hydrogen-bond donors (Lipinski definition) is 0. The highest BCUT2D eigenvalue weighted by molar-refractivity contribution is 6.21. The summed E-state index contributed by atoms with van der Waals surface area (Å²) in [6.07, 6.45) is 0. The average Bonchev–Trinajstić information content (AvgIpc) is 3.77. The molecule has 0 fully saturated rings. The Morgan fingerprint density at radius 2 is 0.911 bits per heavy atom. The van der Waals surface area contributed by atoms with Gasteiger partial charge in [0.15, 0.2) is 0 Å². The first-order valence-corrected chi connectivity index (χ1v) is 19.1. The molecule has 12 aromatic rings. The summed E-state index contributed by atoms with van der Waals surface area (Å²) >= 11 is 0. The predicted molar refractivity (Wildman–Crippen MR) is 234 cm³/mol. The number of rotatable bonds is 4. The van der Waals surface area contributed by atoms with Crippen LogP contribution in [0.15, 0.2) is 194 Å². The van der Waals surface area contributed by atoms with Crippen LogP contribution in [0.2, 0.25) is 0 Å². The summed E-state index contributed by atoms with van der Waals surface area (Å²) in [4.78, 5) is 10.5. The zero-order valence-corrected chi connectivity index (χ0v) is 30.3. The summed E-state index contributed by atoms with van der Waals surface area (Å²) < 4.78 is 4.63. The molecule has 3 heterocycles. The fourth-order valence-electron chi connectivity index (χ4n) is 9.00. The molecule has 0 aliphatic carbocycles. The maximum atomic E-state index is 5.29. The first-order valence-electron chi connectivity index (χ1n) is 19.1. The largest absolute Gasteiger partial charge is 0.309 e. The lowest BCUT2D eigenvalue weighted by atomic mass is 9.92. The Hall–Kier alpha value is -7.56. The molecule has 0 saturated heterocycles. The average molecular weight is 713 g/mol. The summed E-state index contributed by atoms with van der Waals surface area (Å²) in [7, 11) is 0. The SMILES string of the molecule is c1ccc(-c2nc(-n3c4ccccc4c4cc(-c5cc6cc7c(cc6c6ccccc56)c5ccccc5n7-c5ccccc5)ccc43)nc3ccccc23)cc1. The van der Waals surface area contributed by atoms with Gasteiger partial charge in [0.25, 0.3) is 0 Å². The van der Waals surface area contributed by atoms with Gasteiger partial charge in [0.1, 0.15) is 0 Å². The van der Waals surface area contributed by atoms with Gasteiger partial charge in [-0.15, -0.1) is 0 Å². The first kappa shape index (κ1) is 30.9. The number of benzene rings is 9. The number of para-hydroxylation sites is 4. The number of hydrogen-bond acceptors (Lipinski definition) is 2. The highest BCUT2D eigenvalue weighted by Crippen LogP contribution is 2.42. The van der Waals surface area contributed by atoms with Crippen molar-refractivity contribution in [3.63, 3.8) is 0 Å². The fourth-order valence-corrected chi connectivity index (χ4v) is 9.00. The van der Waals surface area contributed by atoms with E-state index in [2.05, 4.69) is 191 Å². The third-order valence-electron chi connectivity index (χ3n) is 11.5. The normalized spacial score (nSPS) is 11.9. The van der Waals surface area contributed by atoms with Crippen molar-refractivity contribution in [3.8, 4) is 34.0 Å². The first-order chi connectivity index (χ1) is 27.8. The minimum Gasteiger partial charge on any atom is -0.309 e. The zero-order chi connectivity index (χ0) is 36.7. The molecule has 12 rings (SSSR count). The lowest BCUT2D eigenvalue weighted by Gasteiger charge is -2.13. The second-order valence-electron chi connectivity index (χ2n) is 14.6. The Kier molecular flexibility index (Phi) is 6.60. The van der Waals surface area contributed by atoms with Gasteiger partial charge in [-0.05, 0) is 93.3 Å². The second kappa shape index (κ2) is 12.0. The summed E-state index contributed by atoms with van der Waals surface area (Å²) in [5.41, 5.74) is 11.0. The molecule has 0 spiro atoms. The number of nitrogens with zero attached hydrogens (tertiary/aromatic N) is 4. The van der Waals surface area contributed by atoms with E-state index in [-0.39, 0.29) is 0 Å². The summed E-state index contributed by atoms with van der Waals surface area (Å²) in [6, 6.07) is 69.7. The molecule has 9 aromatic carbocycles. The van der Waals surface area contributed by atoms with Crippen LogP contribution in [-0.2, 0) is 0 Å². The lowest BCUT2D eigenvalue weighted by molar-refractivity contribution is 1.01. The molecule has 4 heteroatoms. The van der Waals surface area contributed by atoms with Gasteiger partial charge in [-0.3, -0.25) is 4.57 Å². The smallest absolute Gasteiger partial charge is 0.235 e. The van der Waals surface area contributed by atoms with Crippen molar-refractivity contribution in [3.05, 3.63) is 194 Å². The molecule has 0 aliphatic heterocycles. The van der Waals surface area contributed by atoms with E-state index in [1.807, 2.05) is 12.1 Å². The molecular formula is C52H32N4. The Balaban J connectivity index is 1.11. The van der Waals surface area contributed by atoms with Gasteiger partial charge in [0.2, 0.25) is 5.95 Å². The number of aromatic nitrogens is 4. The van der Waals surface area contributed by atoms with Crippen molar-refractivity contribution in [1.29, 1.82) is 0 Å². The van der Waals surface area contributed by atoms with E-state index in [0.29, 0.717) is 5.95 Å². The maximum Gasteiger partial charge on any atom is 0.235 e. The van der Waals surface area contributed by atoms with Crippen molar-refractivity contribution in [1.82, 2.24) is 19.1 Å². The van der Waals surface area contributed by atoms with Crippen molar-refractivity contribution in [2.24, 2.45) is 0 Å². The van der Waals surface area contributed by atoms with Gasteiger partial charge in [-0.1, -0.05) is 133 Å². The zero-order valence-electron chi connectivity index (χ0n) is 30.3. The van der Waals surface area contributed by atoms with Crippen LogP contribution >= 0.6 is 0 Å². The van der Waals surface area contributed by atoms with Crippen LogP contribution in [0.25, 0.3) is 110 Å². The summed E-state index contributed by atoms with van der Waals surface area (Å²) in [6.45, 7) is 0. The lowest BCUT2D eigenvalue weighted by Crippen LogP contribution is -2.03. The fraction of sp³-hybridized carbons (Fsp3) is 0. The molecule has 3 aromatic heterocycles. The second-order valence-corrected chi connectivity index (χ2v) is 14.6. The Labute approximate surface area is 322 Å². The molecule has 0 radical (unpaired) electrons. The van der Waals surface area contributed by atoms with Gasteiger partial charge in [0.05, 0.1) is 33.3 Å². The van der Waals surface area contributed by atoms with Crippen LogP contribution < -0.4 is 0 Å². The van der Waals surface area contributed by atoms with Crippen LogP contribution in [0, 0.1) is 0 Å². The topological polar surface area (TPSA) is 35.6 Å². The van der Waals surface area contributed by atoms with E-state index in [4.69, 9.17) is 9.97 Å². The molecule has 56 heavy (non-hydrogen) atoms. The van der Waals surface area contributed by atoms with E-state index >= 15 is 0 Å². The maximum absolute atomic E-state index is 5.29. The van der Waals surface area contributed by atoms with Crippen LogP contribution in [0.3, 0.4) is 0 Å². The van der Waals surface area contributed by atoms with E-state index in [0.717, 1.165) is 38.9 Å². The Bertz CT molecular complexity index is 3520. The van der Waals surface area contributed by atoms with Crippen LogP contribution in [0.5, 0.6) is 0 Å². The minimum absolute atomic E-state index is 0.662.